The van der Waals surface area contributed by atoms with Gasteiger partial charge in [0, 0.05) is 0 Å². The van der Waals surface area contributed by atoms with Gasteiger partial charge < -0.3 is 0 Å². The Morgan fingerprint density at radius 3 is 2.89 bits per heavy atom. The molecule has 0 N–H and O–H groups in total. The van der Waals surface area contributed by atoms with Crippen molar-refractivity contribution in [2.45, 2.75) is 0 Å². The Morgan fingerprint density at radius 1 is 1.89 bits per heavy atom. The van der Waals surface area contributed by atoms with Gasteiger partial charge in [-0.25, -0.2) is 9.78 Å². The zero-order chi connectivity index (χ0) is 7.11. The highest BCUT2D eigenvalue weighted by Gasteiger charge is 1.91. The van der Waals surface area contributed by atoms with Gasteiger partial charge in [0.2, 0.25) is 0 Å². The molecule has 0 spiro atoms. The van der Waals surface area contributed by atoms with Crippen LogP contribution in [0.2, 0.25) is 0 Å². The monoisotopic (exact) mass is 191 g/mol. The number of hydrogen-bond acceptors (Lipinski definition) is 3. The molecule has 4 heteroatoms. The van der Waals surface area contributed by atoms with Crippen molar-refractivity contribution in [3.63, 3.8) is 0 Å². The first-order valence-electron chi connectivity index (χ1n) is 2.20. The molecule has 0 saturated carbocycles. The van der Waals surface area contributed by atoms with E-state index in [1.807, 2.05) is 6.07 Å². The van der Waals surface area contributed by atoms with E-state index in [-0.39, 0.29) is 6.61 Å². The van der Waals surface area contributed by atoms with Crippen molar-refractivity contribution < 1.29 is 9.78 Å². The number of hydrogen-bond donors (Lipinski definition) is 0. The molecule has 0 aliphatic rings. The van der Waals surface area contributed by atoms with Crippen LogP contribution in [0.1, 0.15) is 0 Å². The number of halogens is 1. The summed E-state index contributed by atoms with van der Waals surface area (Å²) in [5, 5.41) is 8.27. The van der Waals surface area contributed by atoms with E-state index >= 15 is 0 Å². The molecule has 0 aliphatic carbocycles. The zero-order valence-corrected chi connectivity index (χ0v) is 6.51. The van der Waals surface area contributed by atoms with Crippen LogP contribution >= 0.6 is 15.9 Å². The highest BCUT2D eigenvalue weighted by molar-refractivity contribution is 9.11. The van der Waals surface area contributed by atoms with Crippen LogP contribution in [0.25, 0.3) is 0 Å². The minimum atomic E-state index is 0.179. The predicted molar refractivity (Wildman–Crippen MR) is 35.6 cm³/mol. The molecule has 9 heavy (non-hydrogen) atoms. The molecule has 0 rings (SSSR count). The molecule has 0 aromatic rings. The number of nitriles is 1. The molecule has 0 bridgehead atoms. The van der Waals surface area contributed by atoms with Crippen molar-refractivity contribution in [3.8, 4) is 6.07 Å². The zero-order valence-electron chi connectivity index (χ0n) is 4.93. The Kier molecular flexibility index (Phi) is 5.52. The highest BCUT2D eigenvalue weighted by Crippen LogP contribution is 1.96. The second-order valence-electron chi connectivity index (χ2n) is 1.18. The lowest BCUT2D eigenvalue weighted by Crippen LogP contribution is -1.93. The van der Waals surface area contributed by atoms with E-state index in [9.17, 15) is 0 Å². The summed E-state index contributed by atoms with van der Waals surface area (Å²) in [4.78, 5) is 10.2. The van der Waals surface area contributed by atoms with Gasteiger partial charge in [-0.3, -0.25) is 0 Å². The van der Waals surface area contributed by atoms with Gasteiger partial charge >= 0.3 is 0 Å². The fourth-order valence-corrected chi connectivity index (χ4v) is 0.445. The lowest BCUT2D eigenvalue weighted by atomic mass is 10.4. The molecule has 0 aliphatic heterocycles. The van der Waals surface area contributed by atoms with Crippen molar-refractivity contribution in [1.29, 1.82) is 5.26 Å². The quantitative estimate of drug-likeness (QED) is 0.385. The van der Waals surface area contributed by atoms with Crippen LogP contribution in [-0.2, 0) is 9.78 Å². The van der Waals surface area contributed by atoms with Gasteiger partial charge in [-0.1, -0.05) is 15.9 Å². The number of nitrogens with zero attached hydrogens (tertiary/aromatic N) is 1. The molecule has 3 nitrogen and oxygen atoms in total. The first-order valence-corrected chi connectivity index (χ1v) is 3.11. The summed E-state index contributed by atoms with van der Waals surface area (Å²) < 4.78 is 0. The summed E-state index contributed by atoms with van der Waals surface area (Å²) in [6.45, 7) is 0.179. The van der Waals surface area contributed by atoms with Crippen LogP contribution in [0.4, 0.5) is 0 Å². The summed E-state index contributed by atoms with van der Waals surface area (Å²) in [5.74, 6) is 0. The maximum atomic E-state index is 8.27. The van der Waals surface area contributed by atoms with Gasteiger partial charge in [0.25, 0.3) is 0 Å². The SMILES string of the molecule is COOC/C(C#N)=C/Br. The Morgan fingerprint density at radius 2 is 2.56 bits per heavy atom. The second kappa shape index (κ2) is 5.76. The third-order valence-corrected chi connectivity index (χ3v) is 1.16. The Hall–Kier alpha value is -0.370. The minimum Gasteiger partial charge on any atom is -0.240 e. The molecule has 0 heterocycles. The van der Waals surface area contributed by atoms with Gasteiger partial charge in [0.05, 0.1) is 18.8 Å². The van der Waals surface area contributed by atoms with Crippen molar-refractivity contribution in [2.75, 3.05) is 13.7 Å². The van der Waals surface area contributed by atoms with E-state index in [0.29, 0.717) is 5.57 Å². The third-order valence-electron chi connectivity index (χ3n) is 0.608. The van der Waals surface area contributed by atoms with Crippen LogP contribution in [0.5, 0.6) is 0 Å². The lowest BCUT2D eigenvalue weighted by molar-refractivity contribution is -0.264. The summed E-state index contributed by atoms with van der Waals surface area (Å²) in [5.41, 5.74) is 0.483. The van der Waals surface area contributed by atoms with Gasteiger partial charge in [0.1, 0.15) is 6.61 Å². The van der Waals surface area contributed by atoms with Gasteiger partial charge in [0.15, 0.2) is 0 Å². The highest BCUT2D eigenvalue weighted by atomic mass is 79.9. The van der Waals surface area contributed by atoms with Crippen LogP contribution in [0, 0.1) is 11.3 Å². The molecule has 0 unspecified atom stereocenters. The molecule has 0 amide bonds. The fourth-order valence-electron chi connectivity index (χ4n) is 0.211. The molecule has 0 aromatic carbocycles. The summed E-state index contributed by atoms with van der Waals surface area (Å²) in [7, 11) is 1.39. The van der Waals surface area contributed by atoms with Crippen LogP contribution in [-0.4, -0.2) is 13.7 Å². The average Bonchev–Trinajstić information content (AvgIpc) is 1.91. The first-order chi connectivity index (χ1) is 4.35. The first kappa shape index (κ1) is 8.63. The van der Waals surface area contributed by atoms with E-state index in [2.05, 4.69) is 25.7 Å². The van der Waals surface area contributed by atoms with E-state index in [1.165, 1.54) is 12.1 Å². The predicted octanol–water partition coefficient (Wildman–Crippen LogP) is 1.37. The maximum Gasteiger partial charge on any atom is 0.118 e. The van der Waals surface area contributed by atoms with Gasteiger partial charge in [-0.15, -0.1) is 0 Å². The molecule has 50 valence electrons. The van der Waals surface area contributed by atoms with Crippen LogP contribution in [0.15, 0.2) is 10.6 Å². The van der Waals surface area contributed by atoms with E-state index in [1.54, 1.807) is 0 Å². The normalized spacial score (nSPS) is 11.0. The van der Waals surface area contributed by atoms with E-state index < -0.39 is 0 Å². The fraction of sp³-hybridized carbons (Fsp3) is 0.400. The van der Waals surface area contributed by atoms with Gasteiger partial charge in [-0.2, -0.15) is 5.26 Å². The van der Waals surface area contributed by atoms with Crippen molar-refractivity contribution in [3.05, 3.63) is 10.6 Å². The molecular weight excluding hydrogens is 186 g/mol. The van der Waals surface area contributed by atoms with Crippen molar-refractivity contribution in [2.24, 2.45) is 0 Å². The molecule has 0 radical (unpaired) electrons. The van der Waals surface area contributed by atoms with Crippen molar-refractivity contribution in [1.82, 2.24) is 0 Å². The third kappa shape index (κ3) is 4.15. The number of rotatable bonds is 3. The molecule has 0 aromatic heterocycles. The maximum absolute atomic E-state index is 8.27. The Labute approximate surface area is 61.9 Å². The average molecular weight is 192 g/mol. The van der Waals surface area contributed by atoms with Crippen molar-refractivity contribution >= 4 is 15.9 Å². The smallest absolute Gasteiger partial charge is 0.118 e. The van der Waals surface area contributed by atoms with E-state index in [4.69, 9.17) is 5.26 Å². The summed E-state index contributed by atoms with van der Waals surface area (Å²) in [6.07, 6.45) is 0. The standard InChI is InChI=1S/C5H6BrNO2/c1-8-9-4-5(2-6)3-7/h2H,4H2,1H3/b5-2+. The van der Waals surface area contributed by atoms with Crippen LogP contribution in [0.3, 0.4) is 0 Å². The minimum absolute atomic E-state index is 0.179. The Balaban J connectivity index is 3.49. The van der Waals surface area contributed by atoms with E-state index in [0.717, 1.165) is 0 Å². The topological polar surface area (TPSA) is 42.2 Å². The Bertz CT molecular complexity index is 138. The summed E-state index contributed by atoms with van der Waals surface area (Å²) in [6, 6.07) is 1.90. The van der Waals surface area contributed by atoms with Crippen LogP contribution < -0.4 is 0 Å². The lowest BCUT2D eigenvalue weighted by Gasteiger charge is -1.94. The summed E-state index contributed by atoms with van der Waals surface area (Å²) >= 11 is 2.99. The largest absolute Gasteiger partial charge is 0.240 e. The molecular formula is C5H6BrNO2. The molecule has 0 saturated heterocycles. The second-order valence-corrected chi connectivity index (χ2v) is 1.63. The molecule has 0 atom stereocenters. The van der Waals surface area contributed by atoms with Gasteiger partial charge in [-0.05, 0) is 4.99 Å². The molecule has 0 fully saturated rings.